The molecule has 2 atom stereocenters. The fraction of sp³-hybridized carbons (Fsp3) is 0.875. The van der Waals surface area contributed by atoms with Gasteiger partial charge in [0.2, 0.25) is 0 Å². The summed E-state index contributed by atoms with van der Waals surface area (Å²) in [5.74, 6) is -1.19. The van der Waals surface area contributed by atoms with E-state index < -0.39 is 18.1 Å². The first-order chi connectivity index (χ1) is 6.09. The van der Waals surface area contributed by atoms with E-state index in [2.05, 4.69) is 0 Å². The average molecular weight is 191 g/mol. The molecule has 0 aromatic heterocycles. The summed E-state index contributed by atoms with van der Waals surface area (Å²) in [4.78, 5) is 10.3. The molecule has 0 aromatic carbocycles. The standard InChI is InChI=1S/C8H17NO4/c9-7(8(12)13)6(11)4-2-1-3-5-10/h6-7,10-11H,1-5,9H2,(H,12,13)/t6?,7-/m1/s1. The van der Waals surface area contributed by atoms with Gasteiger partial charge >= 0.3 is 5.97 Å². The molecule has 0 heterocycles. The predicted octanol–water partition coefficient (Wildman–Crippen LogP) is -0.688. The van der Waals surface area contributed by atoms with Gasteiger partial charge in [0.05, 0.1) is 6.10 Å². The second-order valence-corrected chi connectivity index (χ2v) is 3.00. The minimum absolute atomic E-state index is 0.126. The van der Waals surface area contributed by atoms with Crippen LogP contribution in [0.5, 0.6) is 0 Å². The van der Waals surface area contributed by atoms with E-state index >= 15 is 0 Å². The van der Waals surface area contributed by atoms with Crippen molar-refractivity contribution in [3.05, 3.63) is 0 Å². The zero-order chi connectivity index (χ0) is 10.3. The lowest BCUT2D eigenvalue weighted by Gasteiger charge is -2.13. The zero-order valence-corrected chi connectivity index (χ0v) is 7.52. The number of unbranched alkanes of at least 4 members (excludes halogenated alkanes) is 2. The van der Waals surface area contributed by atoms with Crippen LogP contribution in [0.4, 0.5) is 0 Å². The predicted molar refractivity (Wildman–Crippen MR) is 47.2 cm³/mol. The molecule has 0 saturated heterocycles. The molecule has 0 aliphatic rings. The Hall–Kier alpha value is -0.650. The first kappa shape index (κ1) is 12.3. The minimum atomic E-state index is -1.20. The van der Waals surface area contributed by atoms with Gasteiger partial charge in [-0.2, -0.15) is 0 Å². The van der Waals surface area contributed by atoms with Gasteiger partial charge in [0.15, 0.2) is 0 Å². The maximum atomic E-state index is 10.3. The van der Waals surface area contributed by atoms with E-state index in [9.17, 15) is 9.90 Å². The number of aliphatic hydroxyl groups is 2. The highest BCUT2D eigenvalue weighted by atomic mass is 16.4. The summed E-state index contributed by atoms with van der Waals surface area (Å²) in [6, 6.07) is -1.20. The van der Waals surface area contributed by atoms with Crippen molar-refractivity contribution in [3.63, 3.8) is 0 Å². The van der Waals surface area contributed by atoms with Crippen molar-refractivity contribution in [3.8, 4) is 0 Å². The molecule has 0 rings (SSSR count). The minimum Gasteiger partial charge on any atom is -0.480 e. The molecule has 78 valence electrons. The molecule has 5 nitrogen and oxygen atoms in total. The number of hydrogen-bond acceptors (Lipinski definition) is 4. The van der Waals surface area contributed by atoms with Crippen molar-refractivity contribution in [2.75, 3.05) is 6.61 Å². The molecule has 0 bridgehead atoms. The van der Waals surface area contributed by atoms with Crippen molar-refractivity contribution in [1.82, 2.24) is 0 Å². The molecule has 0 aliphatic heterocycles. The summed E-state index contributed by atoms with van der Waals surface area (Å²) >= 11 is 0. The van der Waals surface area contributed by atoms with E-state index in [4.69, 9.17) is 15.9 Å². The van der Waals surface area contributed by atoms with Crippen LogP contribution in [0.3, 0.4) is 0 Å². The fourth-order valence-electron chi connectivity index (χ4n) is 0.986. The quantitative estimate of drug-likeness (QED) is 0.399. The Balaban J connectivity index is 3.50. The Morgan fingerprint density at radius 2 is 1.92 bits per heavy atom. The fourth-order valence-corrected chi connectivity index (χ4v) is 0.986. The molecule has 13 heavy (non-hydrogen) atoms. The lowest BCUT2D eigenvalue weighted by Crippen LogP contribution is -2.41. The Kier molecular flexibility index (Phi) is 6.48. The van der Waals surface area contributed by atoms with Crippen LogP contribution < -0.4 is 5.73 Å². The number of nitrogens with two attached hydrogens (primary N) is 1. The van der Waals surface area contributed by atoms with E-state index in [1.165, 1.54) is 0 Å². The van der Waals surface area contributed by atoms with Crippen molar-refractivity contribution < 1.29 is 20.1 Å². The number of aliphatic hydroxyl groups excluding tert-OH is 2. The Morgan fingerprint density at radius 3 is 2.38 bits per heavy atom. The van der Waals surface area contributed by atoms with Gasteiger partial charge in [0, 0.05) is 6.61 Å². The van der Waals surface area contributed by atoms with Crippen LogP contribution in [0.2, 0.25) is 0 Å². The number of aliphatic carboxylic acids is 1. The van der Waals surface area contributed by atoms with Gasteiger partial charge in [0.1, 0.15) is 6.04 Å². The molecular weight excluding hydrogens is 174 g/mol. The first-order valence-electron chi connectivity index (χ1n) is 4.37. The molecule has 5 heteroatoms. The Morgan fingerprint density at radius 1 is 1.31 bits per heavy atom. The topological polar surface area (TPSA) is 104 Å². The summed E-state index contributed by atoms with van der Waals surface area (Å²) in [6.45, 7) is 0.126. The SMILES string of the molecule is N[C@@H](C(=O)O)C(O)CCCCCO. The molecule has 5 N–H and O–H groups in total. The highest BCUT2D eigenvalue weighted by Gasteiger charge is 2.20. The second-order valence-electron chi connectivity index (χ2n) is 3.00. The highest BCUT2D eigenvalue weighted by Crippen LogP contribution is 2.05. The van der Waals surface area contributed by atoms with Crippen LogP contribution >= 0.6 is 0 Å². The molecule has 0 aromatic rings. The van der Waals surface area contributed by atoms with E-state index in [0.29, 0.717) is 19.3 Å². The maximum absolute atomic E-state index is 10.3. The number of carbonyl (C=O) groups is 1. The smallest absolute Gasteiger partial charge is 0.323 e. The number of carboxylic acid groups (broad SMARTS) is 1. The molecule has 0 aliphatic carbocycles. The van der Waals surface area contributed by atoms with Gasteiger partial charge in [0.25, 0.3) is 0 Å². The Labute approximate surface area is 77.2 Å². The van der Waals surface area contributed by atoms with Crippen LogP contribution in [0.1, 0.15) is 25.7 Å². The van der Waals surface area contributed by atoms with Gasteiger partial charge in [-0.05, 0) is 12.8 Å². The number of hydrogen-bond donors (Lipinski definition) is 4. The van der Waals surface area contributed by atoms with Crippen molar-refractivity contribution in [2.45, 2.75) is 37.8 Å². The van der Waals surface area contributed by atoms with Gasteiger partial charge in [-0.15, -0.1) is 0 Å². The normalized spacial score (nSPS) is 15.3. The number of carboxylic acids is 1. The van der Waals surface area contributed by atoms with Gasteiger partial charge in [-0.1, -0.05) is 12.8 Å². The van der Waals surface area contributed by atoms with Crippen LogP contribution in [-0.4, -0.2) is 40.0 Å². The second kappa shape index (κ2) is 6.82. The van der Waals surface area contributed by atoms with Crippen LogP contribution in [0.25, 0.3) is 0 Å². The maximum Gasteiger partial charge on any atom is 0.323 e. The number of rotatable bonds is 7. The van der Waals surface area contributed by atoms with Gasteiger partial charge in [-0.25, -0.2) is 0 Å². The van der Waals surface area contributed by atoms with Crippen LogP contribution in [0.15, 0.2) is 0 Å². The zero-order valence-electron chi connectivity index (χ0n) is 7.52. The third-order valence-corrected chi connectivity index (χ3v) is 1.86. The monoisotopic (exact) mass is 191 g/mol. The molecule has 0 radical (unpaired) electrons. The van der Waals surface area contributed by atoms with Crippen molar-refractivity contribution in [2.24, 2.45) is 5.73 Å². The molecular formula is C8H17NO4. The highest BCUT2D eigenvalue weighted by molar-refractivity contribution is 5.73. The molecule has 1 unspecified atom stereocenters. The third kappa shape index (κ3) is 5.57. The summed E-state index contributed by atoms with van der Waals surface area (Å²) in [5.41, 5.74) is 5.18. The van der Waals surface area contributed by atoms with Crippen molar-refractivity contribution in [1.29, 1.82) is 0 Å². The van der Waals surface area contributed by atoms with Gasteiger partial charge < -0.3 is 21.1 Å². The summed E-state index contributed by atoms with van der Waals surface area (Å²) in [7, 11) is 0. The summed E-state index contributed by atoms with van der Waals surface area (Å²) in [5, 5.41) is 26.1. The van der Waals surface area contributed by atoms with E-state index in [1.807, 2.05) is 0 Å². The third-order valence-electron chi connectivity index (χ3n) is 1.86. The molecule has 0 spiro atoms. The molecule has 0 saturated carbocycles. The lowest BCUT2D eigenvalue weighted by molar-refractivity contribution is -0.141. The largest absolute Gasteiger partial charge is 0.480 e. The lowest BCUT2D eigenvalue weighted by atomic mass is 10.0. The van der Waals surface area contributed by atoms with E-state index in [0.717, 1.165) is 6.42 Å². The summed E-state index contributed by atoms with van der Waals surface area (Å²) in [6.07, 6.45) is 1.52. The summed E-state index contributed by atoms with van der Waals surface area (Å²) < 4.78 is 0. The molecule has 0 amide bonds. The average Bonchev–Trinajstić information content (AvgIpc) is 2.10. The van der Waals surface area contributed by atoms with Crippen molar-refractivity contribution >= 4 is 5.97 Å². The molecule has 0 fully saturated rings. The van der Waals surface area contributed by atoms with E-state index in [1.54, 1.807) is 0 Å². The van der Waals surface area contributed by atoms with Crippen LogP contribution in [0, 0.1) is 0 Å². The Bertz CT molecular complexity index is 151. The first-order valence-corrected chi connectivity index (χ1v) is 4.37. The van der Waals surface area contributed by atoms with Crippen LogP contribution in [-0.2, 0) is 4.79 Å². The van der Waals surface area contributed by atoms with Gasteiger partial charge in [-0.3, -0.25) is 4.79 Å². The van der Waals surface area contributed by atoms with E-state index in [-0.39, 0.29) is 6.61 Å².